The number of carbonyl (C=O) groups is 1. The molecule has 1 N–H and O–H groups in total. The van der Waals surface area contributed by atoms with Gasteiger partial charge >= 0.3 is 0 Å². The van der Waals surface area contributed by atoms with E-state index in [4.69, 9.17) is 16.9 Å². The van der Waals surface area contributed by atoms with Crippen molar-refractivity contribution in [3.63, 3.8) is 0 Å². The number of amides is 1. The van der Waals surface area contributed by atoms with Gasteiger partial charge in [-0.3, -0.25) is 4.79 Å². The van der Waals surface area contributed by atoms with E-state index in [1.807, 2.05) is 0 Å². The number of hydrogen-bond donors (Lipinski definition) is 1. The Balaban J connectivity index is 2.11. The van der Waals surface area contributed by atoms with Crippen LogP contribution in [0.1, 0.15) is 16.8 Å². The van der Waals surface area contributed by atoms with Crippen LogP contribution in [0.3, 0.4) is 0 Å². The van der Waals surface area contributed by atoms with Gasteiger partial charge in [0, 0.05) is 11.9 Å². The summed E-state index contributed by atoms with van der Waals surface area (Å²) in [4.78, 5) is 15.8. The summed E-state index contributed by atoms with van der Waals surface area (Å²) in [5.74, 6) is 1.25. The summed E-state index contributed by atoms with van der Waals surface area (Å²) in [7, 11) is 0. The van der Waals surface area contributed by atoms with Gasteiger partial charge in [0.05, 0.1) is 11.6 Å². The number of pyridine rings is 1. The third-order valence-electron chi connectivity index (χ3n) is 2.58. The molecule has 1 aromatic heterocycles. The second-order valence-corrected chi connectivity index (χ2v) is 5.31. The molecule has 0 bridgehead atoms. The number of rotatable bonds is 2. The van der Waals surface area contributed by atoms with Crippen LogP contribution in [0, 0.1) is 11.3 Å². The van der Waals surface area contributed by atoms with Crippen LogP contribution in [0.15, 0.2) is 18.3 Å². The smallest absolute Gasteiger partial charge is 0.254 e. The van der Waals surface area contributed by atoms with E-state index in [2.05, 4.69) is 16.4 Å². The maximum atomic E-state index is 11.9. The van der Waals surface area contributed by atoms with Gasteiger partial charge < -0.3 is 5.32 Å². The predicted molar refractivity (Wildman–Crippen MR) is 67.0 cm³/mol. The summed E-state index contributed by atoms with van der Waals surface area (Å²) in [5, 5.41) is 12.3. The Bertz CT molecular complexity index is 463. The van der Waals surface area contributed by atoms with E-state index >= 15 is 0 Å². The topological polar surface area (TPSA) is 65.8 Å². The molecule has 4 nitrogen and oxygen atoms in total. The molecule has 1 fully saturated rings. The number of carbonyl (C=O) groups excluding carboxylic acids is 1. The fourth-order valence-corrected chi connectivity index (χ4v) is 2.96. The first-order chi connectivity index (χ1) is 8.15. The van der Waals surface area contributed by atoms with Crippen molar-refractivity contribution in [2.45, 2.75) is 12.0 Å². The lowest BCUT2D eigenvalue weighted by Crippen LogP contribution is -2.47. The normalized spacial score (nSPS) is 23.1. The number of nitriles is 1. The SMILES string of the molecule is N#CC1(NC(=O)c2ccc(Cl)nc2)CCSC1. The molecule has 17 heavy (non-hydrogen) atoms. The van der Waals surface area contributed by atoms with Crippen LogP contribution in [0.2, 0.25) is 5.15 Å². The number of hydrogen-bond acceptors (Lipinski definition) is 4. The van der Waals surface area contributed by atoms with Crippen LogP contribution in [0.5, 0.6) is 0 Å². The minimum Gasteiger partial charge on any atom is -0.333 e. The molecule has 1 aromatic rings. The first kappa shape index (κ1) is 12.2. The summed E-state index contributed by atoms with van der Waals surface area (Å²) in [6, 6.07) is 5.34. The van der Waals surface area contributed by atoms with Gasteiger partial charge in [-0.15, -0.1) is 0 Å². The average Bonchev–Trinajstić information content (AvgIpc) is 2.79. The zero-order valence-electron chi connectivity index (χ0n) is 8.94. The number of nitrogens with one attached hydrogen (secondary N) is 1. The molecule has 1 aliphatic heterocycles. The minimum atomic E-state index is -0.735. The highest BCUT2D eigenvalue weighted by molar-refractivity contribution is 7.99. The van der Waals surface area contributed by atoms with Crippen molar-refractivity contribution in [2.24, 2.45) is 0 Å². The van der Waals surface area contributed by atoms with Crippen molar-refractivity contribution in [1.82, 2.24) is 10.3 Å². The quantitative estimate of drug-likeness (QED) is 0.831. The highest BCUT2D eigenvalue weighted by Gasteiger charge is 2.36. The lowest BCUT2D eigenvalue weighted by Gasteiger charge is -2.20. The van der Waals surface area contributed by atoms with E-state index in [9.17, 15) is 4.79 Å². The molecule has 1 atom stereocenters. The Kier molecular flexibility index (Phi) is 3.55. The Morgan fingerprint density at radius 3 is 3.00 bits per heavy atom. The maximum Gasteiger partial charge on any atom is 0.254 e. The zero-order valence-corrected chi connectivity index (χ0v) is 10.5. The Morgan fingerprint density at radius 2 is 2.47 bits per heavy atom. The van der Waals surface area contributed by atoms with Gasteiger partial charge in [0.15, 0.2) is 0 Å². The average molecular weight is 268 g/mol. The molecule has 0 radical (unpaired) electrons. The van der Waals surface area contributed by atoms with Gasteiger partial charge in [0.25, 0.3) is 5.91 Å². The molecule has 1 amide bonds. The van der Waals surface area contributed by atoms with E-state index in [-0.39, 0.29) is 5.91 Å². The van der Waals surface area contributed by atoms with E-state index < -0.39 is 5.54 Å². The van der Waals surface area contributed by atoms with E-state index in [0.717, 1.165) is 5.75 Å². The van der Waals surface area contributed by atoms with Crippen molar-refractivity contribution >= 4 is 29.3 Å². The third-order valence-corrected chi connectivity index (χ3v) is 3.99. The maximum absolute atomic E-state index is 11.9. The first-order valence-corrected chi connectivity index (χ1v) is 6.61. The van der Waals surface area contributed by atoms with Crippen LogP contribution in [0.4, 0.5) is 0 Å². The number of nitrogens with zero attached hydrogens (tertiary/aromatic N) is 2. The highest BCUT2D eigenvalue weighted by Crippen LogP contribution is 2.27. The highest BCUT2D eigenvalue weighted by atomic mass is 35.5. The van der Waals surface area contributed by atoms with Crippen LogP contribution in [-0.2, 0) is 0 Å². The third kappa shape index (κ3) is 2.71. The molecule has 0 aliphatic carbocycles. The Hall–Kier alpha value is -1.25. The van der Waals surface area contributed by atoms with Crippen LogP contribution in [-0.4, -0.2) is 27.9 Å². The van der Waals surface area contributed by atoms with Crippen LogP contribution in [0.25, 0.3) is 0 Å². The van der Waals surface area contributed by atoms with Crippen molar-refractivity contribution in [3.8, 4) is 6.07 Å². The van der Waals surface area contributed by atoms with E-state index in [0.29, 0.717) is 22.9 Å². The van der Waals surface area contributed by atoms with Gasteiger partial charge in [-0.1, -0.05) is 11.6 Å². The molecule has 0 spiro atoms. The summed E-state index contributed by atoms with van der Waals surface area (Å²) >= 11 is 7.31. The Labute approximate surface area is 108 Å². The fraction of sp³-hybridized carbons (Fsp3) is 0.364. The van der Waals surface area contributed by atoms with Crippen LogP contribution < -0.4 is 5.32 Å². The second-order valence-electron chi connectivity index (χ2n) is 3.82. The van der Waals surface area contributed by atoms with E-state index in [1.54, 1.807) is 23.9 Å². The second kappa shape index (κ2) is 4.94. The van der Waals surface area contributed by atoms with Crippen molar-refractivity contribution in [1.29, 1.82) is 5.26 Å². The van der Waals surface area contributed by atoms with Crippen LogP contribution >= 0.6 is 23.4 Å². The molecule has 0 saturated carbocycles. The predicted octanol–water partition coefficient (Wildman–Crippen LogP) is 1.86. The van der Waals surface area contributed by atoms with Crippen molar-refractivity contribution in [3.05, 3.63) is 29.0 Å². The Morgan fingerprint density at radius 1 is 1.65 bits per heavy atom. The van der Waals surface area contributed by atoms with Crippen molar-refractivity contribution < 1.29 is 4.79 Å². The number of halogens is 1. The molecule has 2 heterocycles. The van der Waals surface area contributed by atoms with Gasteiger partial charge in [-0.05, 0) is 24.3 Å². The molecule has 0 aromatic carbocycles. The molecule has 2 rings (SSSR count). The molecule has 1 unspecified atom stereocenters. The largest absolute Gasteiger partial charge is 0.333 e. The number of aromatic nitrogens is 1. The monoisotopic (exact) mass is 267 g/mol. The summed E-state index contributed by atoms with van der Waals surface area (Å²) in [6.45, 7) is 0. The molecule has 6 heteroatoms. The summed E-state index contributed by atoms with van der Waals surface area (Å²) in [6.07, 6.45) is 2.09. The van der Waals surface area contributed by atoms with E-state index in [1.165, 1.54) is 6.20 Å². The fourth-order valence-electron chi connectivity index (χ4n) is 1.58. The van der Waals surface area contributed by atoms with Gasteiger partial charge in [-0.25, -0.2) is 4.98 Å². The lowest BCUT2D eigenvalue weighted by atomic mass is 10.0. The standard InChI is InChI=1S/C11H10ClN3OS/c12-9-2-1-8(5-14-9)10(16)15-11(6-13)3-4-17-7-11/h1-2,5H,3-4,7H2,(H,15,16). The summed E-state index contributed by atoms with van der Waals surface area (Å²) < 4.78 is 0. The molecule has 88 valence electrons. The molecule has 1 saturated heterocycles. The molecular weight excluding hydrogens is 258 g/mol. The first-order valence-electron chi connectivity index (χ1n) is 5.08. The molecule has 1 aliphatic rings. The van der Waals surface area contributed by atoms with Crippen molar-refractivity contribution in [2.75, 3.05) is 11.5 Å². The number of thioether (sulfide) groups is 1. The van der Waals surface area contributed by atoms with Gasteiger partial charge in [-0.2, -0.15) is 17.0 Å². The summed E-state index contributed by atoms with van der Waals surface area (Å²) in [5.41, 5.74) is -0.317. The zero-order chi connectivity index (χ0) is 12.3. The van der Waals surface area contributed by atoms with Gasteiger partial charge in [0.2, 0.25) is 0 Å². The van der Waals surface area contributed by atoms with Gasteiger partial charge in [0.1, 0.15) is 10.7 Å². The lowest BCUT2D eigenvalue weighted by molar-refractivity contribution is 0.0926. The molecular formula is C11H10ClN3OS. The minimum absolute atomic E-state index is 0.279.